The largest absolute Gasteiger partial charge is 0.502 e. The maximum Gasteiger partial charge on any atom is 0.360 e. The summed E-state index contributed by atoms with van der Waals surface area (Å²) in [6.45, 7) is 1.61. The van der Waals surface area contributed by atoms with Crippen LogP contribution in [0.15, 0.2) is 65.6 Å². The predicted molar refractivity (Wildman–Crippen MR) is 126 cm³/mol. The Bertz CT molecular complexity index is 1190. The van der Waals surface area contributed by atoms with Crippen molar-refractivity contribution in [3.8, 4) is 11.5 Å². The molecule has 1 aliphatic rings. The third kappa shape index (κ3) is 4.64. The number of aromatic hydroxyl groups is 1. The van der Waals surface area contributed by atoms with Crippen molar-refractivity contribution >= 4 is 11.7 Å². The number of carbonyl (C=O) groups excluding carboxylic acids is 1. The number of nitrogens with one attached hydrogen (secondary N) is 1. The summed E-state index contributed by atoms with van der Waals surface area (Å²) < 4.78 is 11.4. The van der Waals surface area contributed by atoms with E-state index in [1.54, 1.807) is 7.11 Å². The topological polar surface area (TPSA) is 93.0 Å². The van der Waals surface area contributed by atoms with E-state index >= 15 is 0 Å². The Morgan fingerprint density at radius 3 is 2.61 bits per heavy atom. The van der Waals surface area contributed by atoms with Gasteiger partial charge in [0.25, 0.3) is 0 Å². The first-order valence-electron chi connectivity index (χ1n) is 10.8. The van der Waals surface area contributed by atoms with Crippen LogP contribution < -0.4 is 20.5 Å². The molecule has 1 aromatic heterocycles. The van der Waals surface area contributed by atoms with Gasteiger partial charge in [-0.15, -0.1) is 0 Å². The molecule has 0 bridgehead atoms. The van der Waals surface area contributed by atoms with E-state index in [0.717, 1.165) is 42.9 Å². The van der Waals surface area contributed by atoms with Gasteiger partial charge in [-0.25, -0.2) is 4.79 Å². The van der Waals surface area contributed by atoms with Crippen molar-refractivity contribution in [3.63, 3.8) is 0 Å². The molecule has 2 aromatic carbocycles. The lowest BCUT2D eigenvalue weighted by molar-refractivity contribution is 0.0584. The highest BCUT2D eigenvalue weighted by Crippen LogP contribution is 2.34. The van der Waals surface area contributed by atoms with Gasteiger partial charge in [-0.3, -0.25) is 9.47 Å². The van der Waals surface area contributed by atoms with Gasteiger partial charge in [0, 0.05) is 31.0 Å². The Morgan fingerprint density at radius 1 is 1.12 bits per heavy atom. The molecule has 0 saturated heterocycles. The Morgan fingerprint density at radius 2 is 1.88 bits per heavy atom. The molecule has 0 amide bonds. The zero-order valence-electron chi connectivity index (χ0n) is 18.7. The average molecular weight is 450 g/mol. The molecule has 0 spiro atoms. The van der Waals surface area contributed by atoms with Crippen molar-refractivity contribution < 1.29 is 19.4 Å². The molecule has 3 aromatic rings. The van der Waals surface area contributed by atoms with Crippen LogP contribution >= 0.6 is 0 Å². The van der Waals surface area contributed by atoms with Crippen LogP contribution in [0.3, 0.4) is 0 Å². The number of esters is 1. The number of benzene rings is 2. The second-order valence-electron chi connectivity index (χ2n) is 7.89. The molecule has 8 heteroatoms. The summed E-state index contributed by atoms with van der Waals surface area (Å²) in [5.74, 6) is -0.606. The molecule has 0 aliphatic carbocycles. The van der Waals surface area contributed by atoms with Crippen LogP contribution in [0.5, 0.6) is 11.5 Å². The summed E-state index contributed by atoms with van der Waals surface area (Å²) in [4.78, 5) is 26.5. The number of methoxy groups -OCH3 is 2. The fourth-order valence-electron chi connectivity index (χ4n) is 4.18. The third-order valence-corrected chi connectivity index (χ3v) is 5.85. The molecule has 8 nitrogen and oxygen atoms in total. The van der Waals surface area contributed by atoms with E-state index in [0.29, 0.717) is 0 Å². The van der Waals surface area contributed by atoms with Gasteiger partial charge in [0.15, 0.2) is 11.4 Å². The van der Waals surface area contributed by atoms with Crippen molar-refractivity contribution in [2.45, 2.75) is 25.4 Å². The minimum absolute atomic E-state index is 0.146. The highest BCUT2D eigenvalue weighted by atomic mass is 16.5. The van der Waals surface area contributed by atoms with Gasteiger partial charge in [-0.1, -0.05) is 30.3 Å². The van der Waals surface area contributed by atoms with E-state index in [1.807, 2.05) is 24.3 Å². The molecule has 1 unspecified atom stereocenters. The summed E-state index contributed by atoms with van der Waals surface area (Å²) >= 11 is 0. The number of ether oxygens (including phenoxy) is 2. The van der Waals surface area contributed by atoms with Crippen LogP contribution in [-0.4, -0.2) is 36.5 Å². The summed E-state index contributed by atoms with van der Waals surface area (Å²) in [7, 11) is 2.86. The Kier molecular flexibility index (Phi) is 6.53. The van der Waals surface area contributed by atoms with Crippen LogP contribution in [0.4, 0.5) is 5.69 Å². The summed E-state index contributed by atoms with van der Waals surface area (Å²) in [5, 5.41) is 10.2. The first kappa shape index (κ1) is 22.3. The molecule has 172 valence electrons. The monoisotopic (exact) mass is 449 g/mol. The summed E-state index contributed by atoms with van der Waals surface area (Å²) in [6.07, 6.45) is 3.14. The van der Waals surface area contributed by atoms with Crippen molar-refractivity contribution in [1.29, 1.82) is 0 Å². The number of pyridine rings is 1. The number of fused-ring (bicyclic) bond motifs is 1. The van der Waals surface area contributed by atoms with Gasteiger partial charge >= 0.3 is 5.97 Å². The number of carbonyl (C=O) groups is 1. The quantitative estimate of drug-likeness (QED) is 0.557. The van der Waals surface area contributed by atoms with Crippen molar-refractivity contribution in [2.75, 3.05) is 31.1 Å². The molecular formula is C25H27N3O5. The van der Waals surface area contributed by atoms with Crippen LogP contribution in [0.25, 0.3) is 0 Å². The normalized spacial score (nSPS) is 15.3. The number of nitrogens with zero attached hydrogens (tertiary/aromatic N) is 2. The van der Waals surface area contributed by atoms with Gasteiger partial charge < -0.3 is 24.9 Å². The minimum Gasteiger partial charge on any atom is -0.502 e. The van der Waals surface area contributed by atoms with E-state index in [1.165, 1.54) is 29.6 Å². The standard InChI is InChI=1S/C25H27N3O5/c1-32-18-11-9-17(10-12-18)16-27-14-5-7-20(19-6-3-4-8-21(19)27)26-28-15-13-22(29)24(30)23(28)25(31)33-2/h3-4,6,8-13,15,20,26,30H,5,7,14,16H2,1-2H3. The molecule has 2 heterocycles. The fourth-order valence-corrected chi connectivity index (χ4v) is 4.18. The Balaban J connectivity index is 1.65. The first-order chi connectivity index (χ1) is 16.0. The Hall–Kier alpha value is -3.94. The highest BCUT2D eigenvalue weighted by Gasteiger charge is 2.25. The molecule has 1 atom stereocenters. The third-order valence-electron chi connectivity index (χ3n) is 5.85. The molecule has 0 radical (unpaired) electrons. The summed E-state index contributed by atoms with van der Waals surface area (Å²) in [6, 6.07) is 17.2. The fraction of sp³-hybridized carbons (Fsp3) is 0.280. The predicted octanol–water partition coefficient (Wildman–Crippen LogP) is 3.43. The number of hydrogen-bond donors (Lipinski definition) is 2. The number of rotatable bonds is 6. The summed E-state index contributed by atoms with van der Waals surface area (Å²) in [5.41, 5.74) is 5.78. The van der Waals surface area contributed by atoms with Gasteiger partial charge in [-0.05, 0) is 42.2 Å². The second kappa shape index (κ2) is 9.68. The lowest BCUT2D eigenvalue weighted by Crippen LogP contribution is -2.28. The minimum atomic E-state index is -0.791. The van der Waals surface area contributed by atoms with Crippen molar-refractivity contribution in [2.24, 2.45) is 0 Å². The van der Waals surface area contributed by atoms with Gasteiger partial charge in [0.05, 0.1) is 20.3 Å². The Labute approximate surface area is 192 Å². The molecule has 2 N–H and O–H groups in total. The number of aromatic nitrogens is 1. The molecule has 33 heavy (non-hydrogen) atoms. The van der Waals surface area contributed by atoms with E-state index in [9.17, 15) is 14.7 Å². The first-order valence-corrected chi connectivity index (χ1v) is 10.8. The smallest absolute Gasteiger partial charge is 0.360 e. The molecular weight excluding hydrogens is 422 g/mol. The number of hydrogen-bond acceptors (Lipinski definition) is 7. The zero-order valence-corrected chi connectivity index (χ0v) is 18.7. The molecule has 1 aliphatic heterocycles. The van der Waals surface area contributed by atoms with Crippen LogP contribution in [0.2, 0.25) is 0 Å². The maximum atomic E-state index is 12.3. The van der Waals surface area contributed by atoms with Crippen LogP contribution in [0, 0.1) is 0 Å². The van der Waals surface area contributed by atoms with Gasteiger partial charge in [0.1, 0.15) is 5.75 Å². The molecule has 4 rings (SSSR count). The SMILES string of the molecule is COC(=O)c1c(O)c(=O)ccn1NC1CCCN(Cc2ccc(OC)cc2)c2ccccc21. The van der Waals surface area contributed by atoms with Crippen molar-refractivity contribution in [3.05, 3.63) is 87.8 Å². The van der Waals surface area contributed by atoms with Crippen LogP contribution in [0.1, 0.15) is 40.5 Å². The lowest BCUT2D eigenvalue weighted by atomic mass is 10.0. The van der Waals surface area contributed by atoms with E-state index in [-0.39, 0.29) is 11.7 Å². The van der Waals surface area contributed by atoms with Gasteiger partial charge in [-0.2, -0.15) is 0 Å². The highest BCUT2D eigenvalue weighted by molar-refractivity contribution is 5.90. The maximum absolute atomic E-state index is 12.3. The van der Waals surface area contributed by atoms with E-state index < -0.39 is 17.1 Å². The zero-order chi connectivity index (χ0) is 23.4. The lowest BCUT2D eigenvalue weighted by Gasteiger charge is -2.27. The molecule has 0 fully saturated rings. The van der Waals surface area contributed by atoms with E-state index in [4.69, 9.17) is 9.47 Å². The average Bonchev–Trinajstić information content (AvgIpc) is 3.01. The molecule has 0 saturated carbocycles. The second-order valence-corrected chi connectivity index (χ2v) is 7.89. The van der Waals surface area contributed by atoms with E-state index in [2.05, 4.69) is 34.6 Å². The van der Waals surface area contributed by atoms with Crippen molar-refractivity contribution in [1.82, 2.24) is 4.68 Å². The number of para-hydroxylation sites is 1. The van der Waals surface area contributed by atoms with Crippen LogP contribution in [-0.2, 0) is 11.3 Å². The van der Waals surface area contributed by atoms with Gasteiger partial charge in [0.2, 0.25) is 5.43 Å². The number of anilines is 1.